The van der Waals surface area contributed by atoms with Crippen LogP contribution < -0.4 is 4.72 Å². The van der Waals surface area contributed by atoms with Crippen LogP contribution in [-0.2, 0) is 10.0 Å². The normalized spacial score (nSPS) is 11.3. The minimum Gasteiger partial charge on any atom is -0.263 e. The Labute approximate surface area is 116 Å². The maximum absolute atomic E-state index is 13.0. The summed E-state index contributed by atoms with van der Waals surface area (Å²) >= 11 is 3.08. The van der Waals surface area contributed by atoms with Crippen molar-refractivity contribution in [3.8, 4) is 0 Å². The number of sulfonamides is 1. The van der Waals surface area contributed by atoms with E-state index in [1.54, 1.807) is 12.1 Å². The van der Waals surface area contributed by atoms with E-state index in [9.17, 15) is 17.2 Å². The Morgan fingerprint density at radius 2 is 1.74 bits per heavy atom. The summed E-state index contributed by atoms with van der Waals surface area (Å²) in [6.45, 7) is 0. The van der Waals surface area contributed by atoms with Gasteiger partial charge in [-0.25, -0.2) is 22.2 Å². The standard InChI is InChI=1S/C11H7BrF2N2O2S/c12-10-2-1-3-11(15-10)16-19(17,18)9-5-7(13)4-8(14)6-9/h1-6H,(H,15,16). The molecule has 0 spiro atoms. The van der Waals surface area contributed by atoms with Crippen molar-refractivity contribution in [1.82, 2.24) is 4.98 Å². The minimum atomic E-state index is -4.09. The largest absolute Gasteiger partial charge is 0.263 e. The zero-order chi connectivity index (χ0) is 14.0. The second-order valence-electron chi connectivity index (χ2n) is 3.56. The molecule has 0 aliphatic heterocycles. The molecule has 4 nitrogen and oxygen atoms in total. The maximum Gasteiger partial charge on any atom is 0.263 e. The highest BCUT2D eigenvalue weighted by Crippen LogP contribution is 2.18. The van der Waals surface area contributed by atoms with Crippen LogP contribution in [0.15, 0.2) is 45.9 Å². The van der Waals surface area contributed by atoms with Crippen molar-refractivity contribution < 1.29 is 17.2 Å². The summed E-state index contributed by atoms with van der Waals surface area (Å²) in [5.41, 5.74) is 0. The van der Waals surface area contributed by atoms with E-state index in [2.05, 4.69) is 25.6 Å². The zero-order valence-corrected chi connectivity index (χ0v) is 11.7. The van der Waals surface area contributed by atoms with Crippen LogP contribution in [0.2, 0.25) is 0 Å². The molecule has 0 saturated carbocycles. The molecule has 0 atom stereocenters. The fourth-order valence-corrected chi connectivity index (χ4v) is 2.73. The van der Waals surface area contributed by atoms with Gasteiger partial charge in [-0.05, 0) is 40.2 Å². The molecule has 0 aliphatic carbocycles. The first-order valence-corrected chi connectivity index (χ1v) is 7.26. The summed E-state index contributed by atoms with van der Waals surface area (Å²) in [5.74, 6) is -1.90. The predicted octanol–water partition coefficient (Wildman–Crippen LogP) is 2.92. The summed E-state index contributed by atoms with van der Waals surface area (Å²) in [5, 5.41) is 0. The molecule has 0 fully saturated rings. The summed E-state index contributed by atoms with van der Waals surface area (Å²) in [6, 6.07) is 6.64. The number of nitrogens with zero attached hydrogens (tertiary/aromatic N) is 1. The van der Waals surface area contributed by atoms with E-state index >= 15 is 0 Å². The van der Waals surface area contributed by atoms with Crippen molar-refractivity contribution in [2.24, 2.45) is 0 Å². The molecule has 1 heterocycles. The average molecular weight is 349 g/mol. The number of pyridine rings is 1. The molecule has 1 aromatic carbocycles. The molecule has 2 aromatic rings. The number of benzene rings is 1. The second-order valence-corrected chi connectivity index (χ2v) is 6.05. The fourth-order valence-electron chi connectivity index (χ4n) is 1.35. The molecule has 100 valence electrons. The van der Waals surface area contributed by atoms with Crippen molar-refractivity contribution in [1.29, 1.82) is 0 Å². The Balaban J connectivity index is 2.37. The van der Waals surface area contributed by atoms with E-state index in [0.717, 1.165) is 12.1 Å². The third-order valence-electron chi connectivity index (χ3n) is 2.10. The first-order chi connectivity index (χ1) is 8.87. The molecule has 0 unspecified atom stereocenters. The lowest BCUT2D eigenvalue weighted by molar-refractivity contribution is 0.568. The lowest BCUT2D eigenvalue weighted by Gasteiger charge is -2.07. The van der Waals surface area contributed by atoms with Gasteiger partial charge in [-0.1, -0.05) is 6.07 Å². The van der Waals surface area contributed by atoms with E-state index in [4.69, 9.17) is 0 Å². The number of rotatable bonds is 3. The van der Waals surface area contributed by atoms with Gasteiger partial charge >= 0.3 is 0 Å². The van der Waals surface area contributed by atoms with Gasteiger partial charge in [-0.15, -0.1) is 0 Å². The fraction of sp³-hybridized carbons (Fsp3) is 0. The Hall–Kier alpha value is -1.54. The van der Waals surface area contributed by atoms with Gasteiger partial charge in [0.05, 0.1) is 4.90 Å². The van der Waals surface area contributed by atoms with E-state index in [0.29, 0.717) is 10.7 Å². The van der Waals surface area contributed by atoms with Gasteiger partial charge in [-0.2, -0.15) is 0 Å². The molecule has 0 amide bonds. The van der Waals surface area contributed by atoms with Crippen LogP contribution in [0.5, 0.6) is 0 Å². The van der Waals surface area contributed by atoms with Gasteiger partial charge < -0.3 is 0 Å². The first kappa shape index (κ1) is 13.9. The van der Waals surface area contributed by atoms with Crippen LogP contribution in [0.3, 0.4) is 0 Å². The minimum absolute atomic E-state index is 0.0408. The van der Waals surface area contributed by atoms with E-state index in [1.807, 2.05) is 0 Å². The molecule has 8 heteroatoms. The van der Waals surface area contributed by atoms with Crippen molar-refractivity contribution in [3.63, 3.8) is 0 Å². The third-order valence-corrected chi connectivity index (χ3v) is 3.88. The molecule has 0 aliphatic rings. The van der Waals surface area contributed by atoms with Gasteiger partial charge in [0.2, 0.25) is 0 Å². The summed E-state index contributed by atoms with van der Waals surface area (Å²) in [6.07, 6.45) is 0. The van der Waals surface area contributed by atoms with Crippen molar-refractivity contribution >= 4 is 31.8 Å². The molecule has 19 heavy (non-hydrogen) atoms. The zero-order valence-electron chi connectivity index (χ0n) is 9.27. The van der Waals surface area contributed by atoms with Crippen molar-refractivity contribution in [2.45, 2.75) is 4.90 Å². The van der Waals surface area contributed by atoms with E-state index < -0.39 is 26.6 Å². The van der Waals surface area contributed by atoms with Crippen LogP contribution in [0.1, 0.15) is 0 Å². The van der Waals surface area contributed by atoms with Gasteiger partial charge in [0.15, 0.2) is 0 Å². The molecule has 2 rings (SSSR count). The molecule has 1 aromatic heterocycles. The van der Waals surface area contributed by atoms with Crippen LogP contribution in [0.25, 0.3) is 0 Å². The van der Waals surface area contributed by atoms with Gasteiger partial charge in [-0.3, -0.25) is 4.72 Å². The topological polar surface area (TPSA) is 59.1 Å². The van der Waals surface area contributed by atoms with Crippen LogP contribution in [0.4, 0.5) is 14.6 Å². The predicted molar refractivity (Wildman–Crippen MR) is 69.1 cm³/mol. The SMILES string of the molecule is O=S(=O)(Nc1cccc(Br)n1)c1cc(F)cc(F)c1. The highest BCUT2D eigenvalue weighted by atomic mass is 79.9. The van der Waals surface area contributed by atoms with Gasteiger partial charge in [0.25, 0.3) is 10.0 Å². The number of hydrogen-bond donors (Lipinski definition) is 1. The number of nitrogens with one attached hydrogen (secondary N) is 1. The molecule has 0 bridgehead atoms. The quantitative estimate of drug-likeness (QED) is 0.867. The Morgan fingerprint density at radius 1 is 1.11 bits per heavy atom. The van der Waals surface area contributed by atoms with Gasteiger partial charge in [0.1, 0.15) is 22.1 Å². The second kappa shape index (κ2) is 5.22. The Morgan fingerprint density at radius 3 is 2.32 bits per heavy atom. The lowest BCUT2D eigenvalue weighted by Crippen LogP contribution is -2.14. The average Bonchev–Trinajstić information content (AvgIpc) is 2.26. The van der Waals surface area contributed by atoms with Crippen LogP contribution in [0, 0.1) is 11.6 Å². The highest BCUT2D eigenvalue weighted by Gasteiger charge is 2.17. The van der Waals surface area contributed by atoms with E-state index in [-0.39, 0.29) is 5.82 Å². The van der Waals surface area contributed by atoms with E-state index in [1.165, 1.54) is 6.07 Å². The third kappa shape index (κ3) is 3.48. The summed E-state index contributed by atoms with van der Waals surface area (Å²) < 4.78 is 52.4. The monoisotopic (exact) mass is 348 g/mol. The number of aromatic nitrogens is 1. The smallest absolute Gasteiger partial charge is 0.263 e. The molecule has 0 radical (unpaired) electrons. The van der Waals surface area contributed by atoms with Crippen molar-refractivity contribution in [2.75, 3.05) is 4.72 Å². The lowest BCUT2D eigenvalue weighted by atomic mass is 10.3. The highest BCUT2D eigenvalue weighted by molar-refractivity contribution is 9.10. The van der Waals surface area contributed by atoms with Crippen LogP contribution in [-0.4, -0.2) is 13.4 Å². The number of hydrogen-bond acceptors (Lipinski definition) is 3. The maximum atomic E-state index is 13.0. The molecular weight excluding hydrogens is 342 g/mol. The Bertz CT molecular complexity index is 702. The van der Waals surface area contributed by atoms with Crippen molar-refractivity contribution in [3.05, 3.63) is 52.6 Å². The van der Waals surface area contributed by atoms with Crippen LogP contribution >= 0.6 is 15.9 Å². The first-order valence-electron chi connectivity index (χ1n) is 4.98. The number of anilines is 1. The van der Waals surface area contributed by atoms with Gasteiger partial charge in [0, 0.05) is 6.07 Å². The molecular formula is C11H7BrF2N2O2S. The molecule has 1 N–H and O–H groups in total. The Kier molecular flexibility index (Phi) is 3.81. The summed E-state index contributed by atoms with van der Waals surface area (Å²) in [4.78, 5) is 3.36. The molecule has 0 saturated heterocycles. The summed E-state index contributed by atoms with van der Waals surface area (Å²) in [7, 11) is -4.09. The number of halogens is 3.